The van der Waals surface area contributed by atoms with Crippen molar-refractivity contribution in [2.24, 2.45) is 0 Å². The Morgan fingerprint density at radius 1 is 1.14 bits per heavy atom. The molecule has 0 spiro atoms. The molecule has 0 atom stereocenters. The Morgan fingerprint density at radius 2 is 1.64 bits per heavy atom. The first kappa shape index (κ1) is 13.8. The van der Waals surface area contributed by atoms with Crippen LogP contribution in [0.25, 0.3) is 0 Å². The van der Waals surface area contributed by atoms with Crippen LogP contribution in [0.4, 0.5) is 0 Å². The van der Waals surface area contributed by atoms with E-state index >= 15 is 0 Å². The summed E-state index contributed by atoms with van der Waals surface area (Å²) in [6.45, 7) is 1.61. The van der Waals surface area contributed by atoms with Gasteiger partial charge in [-0.05, 0) is 6.42 Å². The van der Waals surface area contributed by atoms with Crippen LogP contribution in [0, 0.1) is 0 Å². The standard InChI is InChI=1S/C8H19NO4S/c1-2-3-8-14(12,13)9(4-6-10)5-7-11/h10-11H,2-8H2,1H3. The zero-order valence-corrected chi connectivity index (χ0v) is 9.33. The molecule has 0 aromatic heterocycles. The molecule has 2 N–H and O–H groups in total. The van der Waals surface area contributed by atoms with Gasteiger partial charge in [0, 0.05) is 13.1 Å². The first-order valence-electron chi connectivity index (χ1n) is 4.78. The first-order chi connectivity index (χ1) is 6.58. The zero-order chi connectivity index (χ0) is 11.0. The maximum absolute atomic E-state index is 11.6. The highest BCUT2D eigenvalue weighted by atomic mass is 32.2. The van der Waals surface area contributed by atoms with Gasteiger partial charge < -0.3 is 10.2 Å². The van der Waals surface area contributed by atoms with E-state index in [1.807, 2.05) is 6.92 Å². The van der Waals surface area contributed by atoms with Crippen LogP contribution in [-0.4, -0.2) is 55.0 Å². The zero-order valence-electron chi connectivity index (χ0n) is 8.52. The Morgan fingerprint density at radius 3 is 2.00 bits per heavy atom. The Hall–Kier alpha value is -0.170. The van der Waals surface area contributed by atoms with E-state index in [9.17, 15) is 8.42 Å². The maximum atomic E-state index is 11.6. The van der Waals surface area contributed by atoms with Crippen LogP contribution in [-0.2, 0) is 10.0 Å². The second-order valence-corrected chi connectivity index (χ2v) is 5.10. The van der Waals surface area contributed by atoms with Crippen molar-refractivity contribution >= 4 is 10.0 Å². The number of hydrogen-bond donors (Lipinski definition) is 2. The number of nitrogens with zero attached hydrogens (tertiary/aromatic N) is 1. The van der Waals surface area contributed by atoms with E-state index in [4.69, 9.17) is 10.2 Å². The van der Waals surface area contributed by atoms with E-state index in [1.165, 1.54) is 0 Å². The van der Waals surface area contributed by atoms with Gasteiger partial charge in [0.25, 0.3) is 0 Å². The number of aliphatic hydroxyl groups is 2. The van der Waals surface area contributed by atoms with Crippen molar-refractivity contribution in [3.05, 3.63) is 0 Å². The lowest BCUT2D eigenvalue weighted by Gasteiger charge is -2.19. The summed E-state index contributed by atoms with van der Waals surface area (Å²) in [6, 6.07) is 0. The van der Waals surface area contributed by atoms with E-state index < -0.39 is 10.0 Å². The van der Waals surface area contributed by atoms with Gasteiger partial charge >= 0.3 is 0 Å². The summed E-state index contributed by atoms with van der Waals surface area (Å²) < 4.78 is 24.3. The number of hydrogen-bond acceptors (Lipinski definition) is 4. The van der Waals surface area contributed by atoms with Gasteiger partial charge in [-0.15, -0.1) is 0 Å². The van der Waals surface area contributed by atoms with E-state index in [1.54, 1.807) is 0 Å². The van der Waals surface area contributed by atoms with Crippen molar-refractivity contribution in [3.63, 3.8) is 0 Å². The van der Waals surface area contributed by atoms with E-state index in [0.717, 1.165) is 10.7 Å². The van der Waals surface area contributed by atoms with Crippen LogP contribution in [0.2, 0.25) is 0 Å². The van der Waals surface area contributed by atoms with Crippen LogP contribution in [0.15, 0.2) is 0 Å². The molecule has 0 unspecified atom stereocenters. The molecule has 6 heteroatoms. The van der Waals surface area contributed by atoms with Gasteiger partial charge in [-0.3, -0.25) is 0 Å². The lowest BCUT2D eigenvalue weighted by Crippen LogP contribution is -2.37. The average Bonchev–Trinajstić information content (AvgIpc) is 2.14. The van der Waals surface area contributed by atoms with Crippen molar-refractivity contribution in [2.45, 2.75) is 19.8 Å². The number of sulfonamides is 1. The Labute approximate surface area is 85.4 Å². The molecular weight excluding hydrogens is 206 g/mol. The molecular formula is C8H19NO4S. The lowest BCUT2D eigenvalue weighted by molar-refractivity contribution is 0.217. The molecule has 0 saturated carbocycles. The molecule has 0 aromatic rings. The van der Waals surface area contributed by atoms with Crippen molar-refractivity contribution in [3.8, 4) is 0 Å². The fraction of sp³-hybridized carbons (Fsp3) is 1.00. The van der Waals surface area contributed by atoms with Crippen LogP contribution < -0.4 is 0 Å². The Balaban J connectivity index is 4.29. The molecule has 0 aromatic carbocycles. The molecule has 0 heterocycles. The fourth-order valence-corrected chi connectivity index (χ4v) is 2.70. The fourth-order valence-electron chi connectivity index (χ4n) is 1.07. The van der Waals surface area contributed by atoms with Gasteiger partial charge in [0.15, 0.2) is 0 Å². The van der Waals surface area contributed by atoms with Crippen molar-refractivity contribution in [1.82, 2.24) is 4.31 Å². The Bertz CT molecular complexity index is 221. The van der Waals surface area contributed by atoms with E-state index in [0.29, 0.717) is 6.42 Å². The smallest absolute Gasteiger partial charge is 0.214 e. The summed E-state index contributed by atoms with van der Waals surface area (Å²) in [7, 11) is -3.30. The Kier molecular flexibility index (Phi) is 7.08. The molecule has 0 fully saturated rings. The van der Waals surface area contributed by atoms with Gasteiger partial charge in [0.2, 0.25) is 10.0 Å². The highest BCUT2D eigenvalue weighted by molar-refractivity contribution is 7.89. The molecule has 0 radical (unpaired) electrons. The van der Waals surface area contributed by atoms with Gasteiger partial charge in [0.05, 0.1) is 19.0 Å². The van der Waals surface area contributed by atoms with Crippen molar-refractivity contribution < 1.29 is 18.6 Å². The number of unbranched alkanes of at least 4 members (excludes halogenated alkanes) is 1. The van der Waals surface area contributed by atoms with Gasteiger partial charge in [0.1, 0.15) is 0 Å². The molecule has 0 amide bonds. The molecule has 0 saturated heterocycles. The average molecular weight is 225 g/mol. The summed E-state index contributed by atoms with van der Waals surface area (Å²) in [5, 5.41) is 17.3. The summed E-state index contributed by atoms with van der Waals surface area (Å²) in [4.78, 5) is 0. The maximum Gasteiger partial charge on any atom is 0.214 e. The molecule has 0 bridgehead atoms. The monoisotopic (exact) mass is 225 g/mol. The predicted octanol–water partition coefficient (Wildman–Crippen LogP) is -0.597. The van der Waals surface area contributed by atoms with Crippen LogP contribution >= 0.6 is 0 Å². The second-order valence-electron chi connectivity index (χ2n) is 3.02. The minimum absolute atomic E-state index is 0.0621. The largest absolute Gasteiger partial charge is 0.395 e. The van der Waals surface area contributed by atoms with Crippen molar-refractivity contribution in [2.75, 3.05) is 32.1 Å². The van der Waals surface area contributed by atoms with E-state index in [-0.39, 0.29) is 32.1 Å². The van der Waals surface area contributed by atoms with Crippen LogP contribution in [0.3, 0.4) is 0 Å². The number of rotatable bonds is 8. The third kappa shape index (κ3) is 4.90. The molecule has 0 aliphatic heterocycles. The highest BCUT2D eigenvalue weighted by Gasteiger charge is 2.19. The molecule has 5 nitrogen and oxygen atoms in total. The summed E-state index contributed by atoms with van der Waals surface area (Å²) >= 11 is 0. The molecule has 14 heavy (non-hydrogen) atoms. The summed E-state index contributed by atoms with van der Waals surface area (Å²) in [5.74, 6) is 0.0868. The van der Waals surface area contributed by atoms with Crippen LogP contribution in [0.5, 0.6) is 0 Å². The van der Waals surface area contributed by atoms with Gasteiger partial charge in [-0.2, -0.15) is 4.31 Å². The third-order valence-corrected chi connectivity index (χ3v) is 3.80. The normalized spacial score (nSPS) is 12.3. The van der Waals surface area contributed by atoms with Gasteiger partial charge in [-0.25, -0.2) is 8.42 Å². The third-order valence-electron chi connectivity index (χ3n) is 1.85. The van der Waals surface area contributed by atoms with Crippen molar-refractivity contribution in [1.29, 1.82) is 0 Å². The topological polar surface area (TPSA) is 77.8 Å². The number of aliphatic hydroxyl groups excluding tert-OH is 2. The quantitative estimate of drug-likeness (QED) is 0.578. The molecule has 0 rings (SSSR count). The summed E-state index contributed by atoms with van der Waals surface area (Å²) in [6.07, 6.45) is 1.42. The minimum atomic E-state index is -3.30. The second kappa shape index (κ2) is 7.17. The summed E-state index contributed by atoms with van der Waals surface area (Å²) in [5.41, 5.74) is 0. The predicted molar refractivity (Wildman–Crippen MR) is 54.4 cm³/mol. The SMILES string of the molecule is CCCCS(=O)(=O)N(CCO)CCO. The first-order valence-corrected chi connectivity index (χ1v) is 6.39. The highest BCUT2D eigenvalue weighted by Crippen LogP contribution is 2.03. The van der Waals surface area contributed by atoms with Crippen LogP contribution in [0.1, 0.15) is 19.8 Å². The molecule has 0 aliphatic rings. The van der Waals surface area contributed by atoms with E-state index in [2.05, 4.69) is 0 Å². The van der Waals surface area contributed by atoms with Gasteiger partial charge in [-0.1, -0.05) is 13.3 Å². The minimum Gasteiger partial charge on any atom is -0.395 e. The molecule has 86 valence electrons. The lowest BCUT2D eigenvalue weighted by atomic mass is 10.4. The molecule has 0 aliphatic carbocycles.